The van der Waals surface area contributed by atoms with Crippen molar-refractivity contribution in [3.05, 3.63) is 21.3 Å². The number of carbonyl (C=O) groups is 1. The standard InChI is InChI=1S/C19H25IN2O2S/c1-19(2,3)24-18(23)21-7-5-15-14(11-21)13-9-12(20)10-16-17(13)22(15)6-4-8-25-16/h9-10,14-15H,4-8,11H2,1-3H3/t14-,15-/m0/s1. The molecule has 4 rings (SSSR count). The second kappa shape index (κ2) is 6.51. The minimum absolute atomic E-state index is 0.168. The van der Waals surface area contributed by atoms with E-state index in [2.05, 4.69) is 39.6 Å². The lowest BCUT2D eigenvalue weighted by molar-refractivity contribution is 0.0189. The number of ether oxygens (including phenoxy) is 1. The summed E-state index contributed by atoms with van der Waals surface area (Å²) in [5.74, 6) is 1.60. The van der Waals surface area contributed by atoms with E-state index in [-0.39, 0.29) is 6.09 Å². The summed E-state index contributed by atoms with van der Waals surface area (Å²) >= 11 is 4.42. The first-order valence-electron chi connectivity index (χ1n) is 9.04. The van der Waals surface area contributed by atoms with Gasteiger partial charge in [-0.1, -0.05) is 0 Å². The Morgan fingerprint density at radius 2 is 2.12 bits per heavy atom. The van der Waals surface area contributed by atoms with Crippen LogP contribution in [-0.4, -0.2) is 48.0 Å². The van der Waals surface area contributed by atoms with Crippen molar-refractivity contribution in [3.8, 4) is 0 Å². The van der Waals surface area contributed by atoms with Crippen LogP contribution in [0.25, 0.3) is 0 Å². The molecular weight excluding hydrogens is 447 g/mol. The van der Waals surface area contributed by atoms with Crippen molar-refractivity contribution in [2.24, 2.45) is 0 Å². The predicted octanol–water partition coefficient (Wildman–Crippen LogP) is 4.70. The van der Waals surface area contributed by atoms with Crippen molar-refractivity contribution in [3.63, 3.8) is 0 Å². The Bertz CT molecular complexity index is 703. The van der Waals surface area contributed by atoms with Crippen LogP contribution in [0.5, 0.6) is 0 Å². The third-order valence-corrected chi connectivity index (χ3v) is 6.92. The van der Waals surface area contributed by atoms with E-state index in [1.807, 2.05) is 37.4 Å². The zero-order valence-electron chi connectivity index (χ0n) is 15.0. The number of hydrogen-bond donors (Lipinski definition) is 0. The van der Waals surface area contributed by atoms with E-state index in [1.165, 1.54) is 31.9 Å². The normalized spacial score (nSPS) is 25.3. The first-order valence-corrected chi connectivity index (χ1v) is 11.1. The number of nitrogens with zero attached hydrogens (tertiary/aromatic N) is 2. The van der Waals surface area contributed by atoms with Crippen molar-refractivity contribution >= 4 is 46.1 Å². The fourth-order valence-electron chi connectivity index (χ4n) is 4.27. The van der Waals surface area contributed by atoms with Gasteiger partial charge in [-0.3, -0.25) is 0 Å². The Morgan fingerprint density at radius 3 is 2.88 bits per heavy atom. The predicted molar refractivity (Wildman–Crippen MR) is 111 cm³/mol. The topological polar surface area (TPSA) is 32.8 Å². The second-order valence-electron chi connectivity index (χ2n) is 8.13. The second-order valence-corrected chi connectivity index (χ2v) is 10.5. The maximum atomic E-state index is 12.6. The number of rotatable bonds is 0. The average molecular weight is 472 g/mol. The third kappa shape index (κ3) is 3.36. The molecule has 0 unspecified atom stereocenters. The van der Waals surface area contributed by atoms with Gasteiger partial charge in [0.2, 0.25) is 0 Å². The minimum atomic E-state index is -0.437. The largest absolute Gasteiger partial charge is 0.444 e. The highest BCUT2D eigenvalue weighted by Crippen LogP contribution is 2.51. The smallest absolute Gasteiger partial charge is 0.410 e. The summed E-state index contributed by atoms with van der Waals surface area (Å²) in [6.07, 6.45) is 2.09. The molecule has 0 aliphatic carbocycles. The van der Waals surface area contributed by atoms with Gasteiger partial charge in [-0.15, -0.1) is 11.8 Å². The van der Waals surface area contributed by atoms with Gasteiger partial charge < -0.3 is 14.5 Å². The zero-order valence-corrected chi connectivity index (χ0v) is 18.0. The summed E-state index contributed by atoms with van der Waals surface area (Å²) in [6.45, 7) is 8.50. The minimum Gasteiger partial charge on any atom is -0.444 e. The van der Waals surface area contributed by atoms with Crippen molar-refractivity contribution in [1.82, 2.24) is 4.90 Å². The summed E-state index contributed by atoms with van der Waals surface area (Å²) in [7, 11) is 0. The molecule has 3 aliphatic heterocycles. The van der Waals surface area contributed by atoms with Gasteiger partial charge in [0, 0.05) is 40.1 Å². The Morgan fingerprint density at radius 1 is 1.32 bits per heavy atom. The van der Waals surface area contributed by atoms with Crippen LogP contribution < -0.4 is 4.90 Å². The molecule has 4 nitrogen and oxygen atoms in total. The molecular formula is C19H25IN2O2S. The van der Waals surface area contributed by atoms with Gasteiger partial charge in [-0.25, -0.2) is 4.79 Å². The molecule has 1 fully saturated rings. The molecule has 1 aromatic rings. The SMILES string of the molecule is CC(C)(C)OC(=O)N1CC[C@H]2[C@@H](C1)c1cc(I)cc3c1N2CCCS3. The number of thioether (sulfide) groups is 1. The van der Waals surface area contributed by atoms with Crippen LogP contribution in [-0.2, 0) is 4.74 Å². The first-order chi connectivity index (χ1) is 11.8. The summed E-state index contributed by atoms with van der Waals surface area (Å²) in [5.41, 5.74) is 2.45. The molecule has 0 radical (unpaired) electrons. The van der Waals surface area contributed by atoms with Gasteiger partial charge in [0.1, 0.15) is 5.60 Å². The van der Waals surface area contributed by atoms with Crippen LogP contribution in [0, 0.1) is 3.57 Å². The van der Waals surface area contributed by atoms with Crippen LogP contribution in [0.1, 0.15) is 45.1 Å². The highest BCUT2D eigenvalue weighted by Gasteiger charge is 2.45. The molecule has 3 aliphatic rings. The molecule has 1 amide bonds. The van der Waals surface area contributed by atoms with Gasteiger partial charge in [0.15, 0.2) is 0 Å². The number of anilines is 1. The van der Waals surface area contributed by atoms with Crippen LogP contribution in [0.15, 0.2) is 17.0 Å². The first kappa shape index (κ1) is 17.8. The third-order valence-electron chi connectivity index (χ3n) is 5.19. The molecule has 0 saturated carbocycles. The van der Waals surface area contributed by atoms with E-state index < -0.39 is 5.60 Å². The summed E-state index contributed by atoms with van der Waals surface area (Å²) < 4.78 is 6.92. The Balaban J connectivity index is 1.64. The number of fused-ring (bicyclic) bond motifs is 3. The maximum absolute atomic E-state index is 12.6. The Kier molecular flexibility index (Phi) is 4.63. The highest BCUT2D eigenvalue weighted by atomic mass is 127. The monoisotopic (exact) mass is 472 g/mol. The number of amides is 1. The number of piperidine rings is 1. The van der Waals surface area contributed by atoms with Crippen LogP contribution in [0.3, 0.4) is 0 Å². The molecule has 25 heavy (non-hydrogen) atoms. The quantitative estimate of drug-likeness (QED) is 0.513. The van der Waals surface area contributed by atoms with Crippen molar-refractivity contribution in [1.29, 1.82) is 0 Å². The van der Waals surface area contributed by atoms with Crippen molar-refractivity contribution < 1.29 is 9.53 Å². The lowest BCUT2D eigenvalue weighted by atomic mass is 9.89. The Labute approximate surface area is 167 Å². The maximum Gasteiger partial charge on any atom is 0.410 e. The summed E-state index contributed by atoms with van der Waals surface area (Å²) in [4.78, 5) is 18.5. The molecule has 0 spiro atoms. The highest BCUT2D eigenvalue weighted by molar-refractivity contribution is 14.1. The van der Waals surface area contributed by atoms with Crippen molar-refractivity contribution in [2.45, 2.75) is 56.1 Å². The zero-order chi connectivity index (χ0) is 17.8. The summed E-state index contributed by atoms with van der Waals surface area (Å²) in [6, 6.07) is 5.19. The lowest BCUT2D eigenvalue weighted by Gasteiger charge is -2.39. The van der Waals surface area contributed by atoms with E-state index >= 15 is 0 Å². The lowest BCUT2D eigenvalue weighted by Crippen LogP contribution is -2.49. The molecule has 1 aromatic carbocycles. The molecule has 0 aromatic heterocycles. The van der Waals surface area contributed by atoms with E-state index in [9.17, 15) is 4.79 Å². The van der Waals surface area contributed by atoms with E-state index in [4.69, 9.17) is 4.74 Å². The average Bonchev–Trinajstić information content (AvgIpc) is 2.68. The van der Waals surface area contributed by atoms with Crippen LogP contribution in [0.2, 0.25) is 0 Å². The molecule has 6 heteroatoms. The fourth-order valence-corrected chi connectivity index (χ4v) is 6.20. The van der Waals surface area contributed by atoms with E-state index in [1.54, 1.807) is 0 Å². The molecule has 1 saturated heterocycles. The number of halogens is 1. The number of carbonyl (C=O) groups excluding carboxylic acids is 1. The van der Waals surface area contributed by atoms with Gasteiger partial charge >= 0.3 is 6.09 Å². The van der Waals surface area contributed by atoms with Gasteiger partial charge in [0.25, 0.3) is 0 Å². The molecule has 0 N–H and O–H groups in total. The van der Waals surface area contributed by atoms with Gasteiger partial charge in [0.05, 0.1) is 5.69 Å². The Hall–Kier alpha value is -0.630. The van der Waals surface area contributed by atoms with Crippen LogP contribution >= 0.6 is 34.4 Å². The molecule has 136 valence electrons. The number of hydrogen-bond acceptors (Lipinski definition) is 4. The van der Waals surface area contributed by atoms with Crippen LogP contribution in [0.4, 0.5) is 10.5 Å². The number of benzene rings is 1. The fraction of sp³-hybridized carbons (Fsp3) is 0.632. The van der Waals surface area contributed by atoms with Gasteiger partial charge in [-0.05, 0) is 79.7 Å². The summed E-state index contributed by atoms with van der Waals surface area (Å²) in [5, 5.41) is 0. The van der Waals surface area contributed by atoms with E-state index in [0.717, 1.165) is 26.1 Å². The van der Waals surface area contributed by atoms with Crippen molar-refractivity contribution in [2.75, 3.05) is 30.3 Å². The van der Waals surface area contributed by atoms with Gasteiger partial charge in [-0.2, -0.15) is 0 Å². The molecule has 3 heterocycles. The van der Waals surface area contributed by atoms with E-state index in [0.29, 0.717) is 12.0 Å². The number of likely N-dealkylation sites (tertiary alicyclic amines) is 1. The molecule has 2 atom stereocenters. The molecule has 0 bridgehead atoms.